The highest BCUT2D eigenvalue weighted by Gasteiger charge is 2.11. The summed E-state index contributed by atoms with van der Waals surface area (Å²) in [6, 6.07) is 6.22. The molecular weight excluding hydrogens is 222 g/mol. The van der Waals surface area contributed by atoms with Gasteiger partial charge in [-0.3, -0.25) is 9.88 Å². The fraction of sp³-hybridized carbons (Fsp3) is 0.667. The van der Waals surface area contributed by atoms with Gasteiger partial charge in [-0.1, -0.05) is 13.0 Å². The number of hydrogen-bond acceptors (Lipinski definition) is 3. The van der Waals surface area contributed by atoms with Gasteiger partial charge >= 0.3 is 0 Å². The third kappa shape index (κ3) is 6.12. The molecule has 2 N–H and O–H groups in total. The normalized spacial score (nSPS) is 12.1. The molecule has 0 saturated carbocycles. The Kier molecular flexibility index (Phi) is 5.76. The highest BCUT2D eigenvalue weighted by Crippen LogP contribution is 2.09. The van der Waals surface area contributed by atoms with Gasteiger partial charge in [0.25, 0.3) is 0 Å². The van der Waals surface area contributed by atoms with Gasteiger partial charge in [0.15, 0.2) is 0 Å². The highest BCUT2D eigenvalue weighted by atomic mass is 15.1. The number of nitrogens with two attached hydrogens (primary N) is 1. The van der Waals surface area contributed by atoms with E-state index in [0.717, 1.165) is 43.9 Å². The molecule has 0 aliphatic rings. The molecule has 0 spiro atoms. The van der Waals surface area contributed by atoms with Crippen molar-refractivity contribution in [3.8, 4) is 0 Å². The van der Waals surface area contributed by atoms with E-state index in [-0.39, 0.29) is 5.54 Å². The Morgan fingerprint density at radius 3 is 2.61 bits per heavy atom. The Morgan fingerprint density at radius 2 is 2.06 bits per heavy atom. The second-order valence-electron chi connectivity index (χ2n) is 5.73. The lowest BCUT2D eigenvalue weighted by Gasteiger charge is -2.23. The third-order valence-electron chi connectivity index (χ3n) is 3.07. The summed E-state index contributed by atoms with van der Waals surface area (Å²) in [6.45, 7) is 11.5. The SMILES string of the molecule is CCN(CCCC(C)(C)N)Cc1cccc(C)n1. The van der Waals surface area contributed by atoms with Crippen molar-refractivity contribution in [3.63, 3.8) is 0 Å². The van der Waals surface area contributed by atoms with E-state index in [4.69, 9.17) is 5.73 Å². The molecule has 1 aromatic heterocycles. The largest absolute Gasteiger partial charge is 0.326 e. The van der Waals surface area contributed by atoms with E-state index in [2.05, 4.69) is 42.8 Å². The second-order valence-corrected chi connectivity index (χ2v) is 5.73. The molecule has 0 saturated heterocycles. The van der Waals surface area contributed by atoms with Crippen LogP contribution < -0.4 is 5.73 Å². The lowest BCUT2D eigenvalue weighted by Crippen LogP contribution is -2.33. The quantitative estimate of drug-likeness (QED) is 0.808. The Labute approximate surface area is 111 Å². The van der Waals surface area contributed by atoms with Crippen molar-refractivity contribution in [1.82, 2.24) is 9.88 Å². The van der Waals surface area contributed by atoms with Crippen LogP contribution in [0.15, 0.2) is 18.2 Å². The van der Waals surface area contributed by atoms with E-state index in [9.17, 15) is 0 Å². The maximum Gasteiger partial charge on any atom is 0.0547 e. The molecule has 0 aliphatic carbocycles. The van der Waals surface area contributed by atoms with Gasteiger partial charge in [-0.05, 0) is 58.8 Å². The van der Waals surface area contributed by atoms with Gasteiger partial charge in [0.05, 0.1) is 5.69 Å². The van der Waals surface area contributed by atoms with Crippen LogP contribution in [0.25, 0.3) is 0 Å². The minimum absolute atomic E-state index is 0.0546. The van der Waals surface area contributed by atoms with Gasteiger partial charge in [-0.2, -0.15) is 0 Å². The Morgan fingerprint density at radius 1 is 1.33 bits per heavy atom. The highest BCUT2D eigenvalue weighted by molar-refractivity contribution is 5.09. The van der Waals surface area contributed by atoms with Crippen LogP contribution in [0.3, 0.4) is 0 Å². The van der Waals surface area contributed by atoms with Gasteiger partial charge in [-0.25, -0.2) is 0 Å². The number of aromatic nitrogens is 1. The third-order valence-corrected chi connectivity index (χ3v) is 3.07. The Hall–Kier alpha value is -0.930. The van der Waals surface area contributed by atoms with Crippen LogP contribution >= 0.6 is 0 Å². The average Bonchev–Trinajstić information content (AvgIpc) is 2.26. The van der Waals surface area contributed by atoms with Crippen LogP contribution in [0.5, 0.6) is 0 Å². The topological polar surface area (TPSA) is 42.1 Å². The monoisotopic (exact) mass is 249 g/mol. The van der Waals surface area contributed by atoms with Crippen molar-refractivity contribution in [2.24, 2.45) is 5.73 Å². The zero-order valence-electron chi connectivity index (χ0n) is 12.2. The minimum Gasteiger partial charge on any atom is -0.326 e. The van der Waals surface area contributed by atoms with E-state index in [0.29, 0.717) is 0 Å². The lowest BCUT2D eigenvalue weighted by molar-refractivity contribution is 0.261. The maximum absolute atomic E-state index is 6.00. The molecule has 3 nitrogen and oxygen atoms in total. The minimum atomic E-state index is -0.0546. The van der Waals surface area contributed by atoms with Crippen molar-refractivity contribution in [2.45, 2.75) is 52.6 Å². The number of rotatable bonds is 7. The first-order chi connectivity index (χ1) is 8.40. The summed E-state index contributed by atoms with van der Waals surface area (Å²) in [4.78, 5) is 6.98. The van der Waals surface area contributed by atoms with Crippen molar-refractivity contribution in [3.05, 3.63) is 29.6 Å². The van der Waals surface area contributed by atoms with E-state index < -0.39 is 0 Å². The van der Waals surface area contributed by atoms with E-state index in [1.165, 1.54) is 0 Å². The summed E-state index contributed by atoms with van der Waals surface area (Å²) >= 11 is 0. The van der Waals surface area contributed by atoms with E-state index in [1.807, 2.05) is 13.0 Å². The molecule has 1 aromatic rings. The molecule has 0 unspecified atom stereocenters. The van der Waals surface area contributed by atoms with Crippen LogP contribution in [0, 0.1) is 6.92 Å². The molecule has 1 heterocycles. The molecule has 3 heteroatoms. The van der Waals surface area contributed by atoms with Gasteiger partial charge in [0.1, 0.15) is 0 Å². The fourth-order valence-corrected chi connectivity index (χ4v) is 2.02. The van der Waals surface area contributed by atoms with Crippen molar-refractivity contribution in [2.75, 3.05) is 13.1 Å². The van der Waals surface area contributed by atoms with Crippen molar-refractivity contribution >= 4 is 0 Å². The molecule has 18 heavy (non-hydrogen) atoms. The van der Waals surface area contributed by atoms with Gasteiger partial charge in [0, 0.05) is 17.8 Å². The summed E-state index contributed by atoms with van der Waals surface area (Å²) in [5, 5.41) is 0. The second kappa shape index (κ2) is 6.86. The first-order valence-electron chi connectivity index (χ1n) is 6.84. The standard InChI is InChI=1S/C15H27N3/c1-5-18(11-7-10-15(3,4)16)12-14-9-6-8-13(2)17-14/h6,8-9H,5,7,10-12,16H2,1-4H3. The smallest absolute Gasteiger partial charge is 0.0547 e. The van der Waals surface area contributed by atoms with Crippen molar-refractivity contribution < 1.29 is 0 Å². The first kappa shape index (κ1) is 15.1. The predicted octanol–water partition coefficient (Wildman–Crippen LogP) is 2.73. The maximum atomic E-state index is 6.00. The molecule has 0 radical (unpaired) electrons. The molecule has 0 fully saturated rings. The van der Waals surface area contributed by atoms with Gasteiger partial charge < -0.3 is 5.73 Å². The molecule has 102 valence electrons. The number of aryl methyl sites for hydroxylation is 1. The molecule has 0 atom stereocenters. The van der Waals surface area contributed by atoms with Crippen LogP contribution in [0.1, 0.15) is 45.0 Å². The summed E-state index contributed by atoms with van der Waals surface area (Å²) in [6.07, 6.45) is 2.20. The molecule has 1 rings (SSSR count). The fourth-order valence-electron chi connectivity index (χ4n) is 2.02. The number of pyridine rings is 1. The Bertz CT molecular complexity index is 355. The van der Waals surface area contributed by atoms with Crippen LogP contribution in [0.2, 0.25) is 0 Å². The average molecular weight is 249 g/mol. The summed E-state index contributed by atoms with van der Waals surface area (Å²) < 4.78 is 0. The van der Waals surface area contributed by atoms with E-state index >= 15 is 0 Å². The van der Waals surface area contributed by atoms with Gasteiger partial charge in [-0.15, -0.1) is 0 Å². The summed E-state index contributed by atoms with van der Waals surface area (Å²) in [5.41, 5.74) is 8.20. The lowest BCUT2D eigenvalue weighted by atomic mass is 10.00. The molecular formula is C15H27N3. The zero-order valence-corrected chi connectivity index (χ0v) is 12.2. The summed E-state index contributed by atoms with van der Waals surface area (Å²) in [7, 11) is 0. The molecule has 0 aliphatic heterocycles. The van der Waals surface area contributed by atoms with E-state index in [1.54, 1.807) is 0 Å². The number of hydrogen-bond donors (Lipinski definition) is 1. The van der Waals surface area contributed by atoms with Gasteiger partial charge in [0.2, 0.25) is 0 Å². The zero-order chi connectivity index (χ0) is 13.6. The number of nitrogens with zero attached hydrogens (tertiary/aromatic N) is 2. The predicted molar refractivity (Wildman–Crippen MR) is 77.4 cm³/mol. The molecule has 0 bridgehead atoms. The van der Waals surface area contributed by atoms with Crippen LogP contribution in [-0.4, -0.2) is 28.5 Å². The van der Waals surface area contributed by atoms with Crippen molar-refractivity contribution in [1.29, 1.82) is 0 Å². The Balaban J connectivity index is 2.42. The first-order valence-corrected chi connectivity index (χ1v) is 6.84. The molecule has 0 aromatic carbocycles. The van der Waals surface area contributed by atoms with Crippen LogP contribution in [0.4, 0.5) is 0 Å². The molecule has 0 amide bonds. The summed E-state index contributed by atoms with van der Waals surface area (Å²) in [5.74, 6) is 0. The van der Waals surface area contributed by atoms with Crippen LogP contribution in [-0.2, 0) is 6.54 Å².